The third-order valence-corrected chi connectivity index (χ3v) is 4.86. The average molecular weight is 312 g/mol. The summed E-state index contributed by atoms with van der Waals surface area (Å²) in [5, 5.41) is 11.1. The maximum absolute atomic E-state index is 12.6. The Balaban J connectivity index is 1.42. The lowest BCUT2D eigenvalue weighted by atomic mass is 9.99. The fourth-order valence-corrected chi connectivity index (χ4v) is 3.42. The van der Waals surface area contributed by atoms with Gasteiger partial charge in [0.25, 0.3) is 5.91 Å². The lowest BCUT2D eigenvalue weighted by Crippen LogP contribution is -2.32. The quantitative estimate of drug-likeness (QED) is 0.889. The van der Waals surface area contributed by atoms with Crippen molar-refractivity contribution in [3.63, 3.8) is 0 Å². The van der Waals surface area contributed by atoms with Gasteiger partial charge in [0.2, 0.25) is 0 Å². The zero-order chi connectivity index (χ0) is 15.8. The molecule has 7 nitrogen and oxygen atoms in total. The Hall–Kier alpha value is -2.28. The van der Waals surface area contributed by atoms with E-state index in [1.165, 1.54) is 12.8 Å². The van der Waals surface area contributed by atoms with Gasteiger partial charge in [0.05, 0.1) is 6.54 Å². The zero-order valence-electron chi connectivity index (χ0n) is 12.9. The van der Waals surface area contributed by atoms with Crippen molar-refractivity contribution >= 4 is 5.91 Å². The Labute approximate surface area is 134 Å². The van der Waals surface area contributed by atoms with Gasteiger partial charge in [-0.2, -0.15) is 0 Å². The average Bonchev–Trinajstić information content (AvgIpc) is 3.13. The first kappa shape index (κ1) is 14.3. The molecule has 2 heterocycles. The highest BCUT2D eigenvalue weighted by Crippen LogP contribution is 2.41. The topological polar surface area (TPSA) is 89.9 Å². The van der Waals surface area contributed by atoms with Gasteiger partial charge in [-0.15, -0.1) is 5.10 Å². The highest BCUT2D eigenvalue weighted by molar-refractivity contribution is 5.94. The molecular formula is C16H20N6O. The van der Waals surface area contributed by atoms with Gasteiger partial charge in [-0.25, -0.2) is 4.68 Å². The predicted molar refractivity (Wildman–Crippen MR) is 83.5 cm³/mol. The summed E-state index contributed by atoms with van der Waals surface area (Å²) in [5.74, 6) is 1.30. The maximum atomic E-state index is 12.6. The van der Waals surface area contributed by atoms with Crippen molar-refractivity contribution in [1.29, 1.82) is 0 Å². The minimum atomic E-state index is 0.0811. The zero-order valence-corrected chi connectivity index (χ0v) is 12.9. The summed E-state index contributed by atoms with van der Waals surface area (Å²) >= 11 is 0. The Morgan fingerprint density at radius 3 is 2.65 bits per heavy atom. The fourth-order valence-electron chi connectivity index (χ4n) is 3.42. The summed E-state index contributed by atoms with van der Waals surface area (Å²) in [7, 11) is 0. The minimum absolute atomic E-state index is 0.0811. The van der Waals surface area contributed by atoms with Gasteiger partial charge in [-0.3, -0.25) is 4.79 Å². The van der Waals surface area contributed by atoms with E-state index >= 15 is 0 Å². The number of nitrogens with two attached hydrogens (primary N) is 1. The number of likely N-dealkylation sites (tertiary alicyclic amines) is 1. The standard InChI is InChI=1S/C16H20N6O/c17-15-9-21(8-14(15)12-5-6-12)16(23)13-3-1-11(2-4-13)7-22-10-18-19-20-22/h1-4,10,12,14-15H,5-9,17H2/t14-,15+/m0/s1. The van der Waals surface area contributed by atoms with Crippen molar-refractivity contribution in [2.24, 2.45) is 17.6 Å². The minimum Gasteiger partial charge on any atom is -0.337 e. The summed E-state index contributed by atoms with van der Waals surface area (Å²) < 4.78 is 1.65. The molecule has 0 radical (unpaired) electrons. The van der Waals surface area contributed by atoms with Crippen LogP contribution in [-0.4, -0.2) is 50.1 Å². The lowest BCUT2D eigenvalue weighted by molar-refractivity contribution is 0.0785. The highest BCUT2D eigenvalue weighted by atomic mass is 16.2. The van der Waals surface area contributed by atoms with E-state index in [4.69, 9.17) is 5.73 Å². The highest BCUT2D eigenvalue weighted by Gasteiger charge is 2.42. The maximum Gasteiger partial charge on any atom is 0.253 e. The predicted octanol–water partition coefficient (Wildman–Crippen LogP) is 0.531. The molecule has 2 atom stereocenters. The molecule has 2 N–H and O–H groups in total. The first-order valence-corrected chi connectivity index (χ1v) is 8.05. The molecule has 7 heteroatoms. The van der Waals surface area contributed by atoms with Crippen molar-refractivity contribution in [3.8, 4) is 0 Å². The molecule has 4 rings (SSSR count). The second kappa shape index (κ2) is 5.73. The number of aromatic nitrogens is 4. The van der Waals surface area contributed by atoms with Gasteiger partial charge in [-0.1, -0.05) is 12.1 Å². The number of amides is 1. The third kappa shape index (κ3) is 2.96. The van der Waals surface area contributed by atoms with Crippen molar-refractivity contribution in [2.75, 3.05) is 13.1 Å². The lowest BCUT2D eigenvalue weighted by Gasteiger charge is -2.16. The number of carbonyl (C=O) groups excluding carboxylic acids is 1. The molecule has 1 aromatic heterocycles. The van der Waals surface area contributed by atoms with Crippen LogP contribution >= 0.6 is 0 Å². The number of rotatable bonds is 4. The van der Waals surface area contributed by atoms with Gasteiger partial charge >= 0.3 is 0 Å². The summed E-state index contributed by atoms with van der Waals surface area (Å²) in [4.78, 5) is 14.5. The molecule has 2 aliphatic rings. The summed E-state index contributed by atoms with van der Waals surface area (Å²) in [5.41, 5.74) is 7.99. The van der Waals surface area contributed by atoms with Crippen LogP contribution in [0, 0.1) is 11.8 Å². The molecule has 1 aliphatic carbocycles. The molecule has 0 spiro atoms. The normalized spacial score (nSPS) is 24.1. The summed E-state index contributed by atoms with van der Waals surface area (Å²) in [6.45, 7) is 2.07. The van der Waals surface area contributed by atoms with Gasteiger partial charge < -0.3 is 10.6 Å². The molecule has 120 valence electrons. The van der Waals surface area contributed by atoms with E-state index in [0.717, 1.165) is 18.0 Å². The van der Waals surface area contributed by atoms with E-state index in [-0.39, 0.29) is 11.9 Å². The molecule has 1 amide bonds. The molecule has 2 fully saturated rings. The molecule has 1 saturated carbocycles. The van der Waals surface area contributed by atoms with Crippen LogP contribution in [-0.2, 0) is 6.54 Å². The Bertz CT molecular complexity index is 679. The van der Waals surface area contributed by atoms with Gasteiger partial charge in [-0.05, 0) is 52.8 Å². The molecule has 0 bridgehead atoms. The van der Waals surface area contributed by atoms with Crippen molar-refractivity contribution < 1.29 is 4.79 Å². The Morgan fingerprint density at radius 2 is 2.00 bits per heavy atom. The molecule has 2 aromatic rings. The Morgan fingerprint density at radius 1 is 1.22 bits per heavy atom. The monoisotopic (exact) mass is 312 g/mol. The number of hydrogen-bond acceptors (Lipinski definition) is 5. The first-order chi connectivity index (χ1) is 11.2. The van der Waals surface area contributed by atoms with Gasteiger partial charge in [0.1, 0.15) is 6.33 Å². The van der Waals surface area contributed by atoms with Gasteiger partial charge in [0, 0.05) is 24.7 Å². The second-order valence-electron chi connectivity index (χ2n) is 6.58. The summed E-state index contributed by atoms with van der Waals surface area (Å²) in [6, 6.07) is 7.77. The van der Waals surface area contributed by atoms with Crippen molar-refractivity contribution in [3.05, 3.63) is 41.7 Å². The van der Waals surface area contributed by atoms with Crippen LogP contribution in [0.2, 0.25) is 0 Å². The van der Waals surface area contributed by atoms with Crippen LogP contribution in [0.15, 0.2) is 30.6 Å². The van der Waals surface area contributed by atoms with Crippen LogP contribution in [0.1, 0.15) is 28.8 Å². The number of tetrazole rings is 1. The molecule has 1 aliphatic heterocycles. The SMILES string of the molecule is N[C@@H]1CN(C(=O)c2ccc(Cn3cnnn3)cc2)C[C@H]1C1CC1. The van der Waals surface area contributed by atoms with E-state index in [0.29, 0.717) is 24.6 Å². The summed E-state index contributed by atoms with van der Waals surface area (Å²) in [6.07, 6.45) is 4.11. The van der Waals surface area contributed by atoms with Crippen LogP contribution in [0.4, 0.5) is 0 Å². The molecular weight excluding hydrogens is 292 g/mol. The third-order valence-electron chi connectivity index (χ3n) is 4.86. The largest absolute Gasteiger partial charge is 0.337 e. The van der Waals surface area contributed by atoms with Crippen LogP contribution in [0.3, 0.4) is 0 Å². The van der Waals surface area contributed by atoms with Crippen LogP contribution in [0.5, 0.6) is 0 Å². The van der Waals surface area contributed by atoms with Crippen LogP contribution < -0.4 is 5.73 Å². The number of benzene rings is 1. The molecule has 1 aromatic carbocycles. The number of hydrogen-bond donors (Lipinski definition) is 1. The fraction of sp³-hybridized carbons (Fsp3) is 0.500. The van der Waals surface area contributed by atoms with E-state index in [2.05, 4.69) is 15.5 Å². The smallest absolute Gasteiger partial charge is 0.253 e. The number of carbonyl (C=O) groups is 1. The van der Waals surface area contributed by atoms with E-state index < -0.39 is 0 Å². The van der Waals surface area contributed by atoms with E-state index in [1.807, 2.05) is 29.2 Å². The van der Waals surface area contributed by atoms with E-state index in [9.17, 15) is 4.79 Å². The molecule has 0 unspecified atom stereocenters. The van der Waals surface area contributed by atoms with Crippen molar-refractivity contribution in [1.82, 2.24) is 25.1 Å². The second-order valence-corrected chi connectivity index (χ2v) is 6.58. The molecule has 1 saturated heterocycles. The Kier molecular flexibility index (Phi) is 3.57. The van der Waals surface area contributed by atoms with Crippen LogP contribution in [0.25, 0.3) is 0 Å². The van der Waals surface area contributed by atoms with Crippen molar-refractivity contribution in [2.45, 2.75) is 25.4 Å². The number of nitrogens with zero attached hydrogens (tertiary/aromatic N) is 5. The van der Waals surface area contributed by atoms with Gasteiger partial charge in [0.15, 0.2) is 0 Å². The molecule has 23 heavy (non-hydrogen) atoms. The first-order valence-electron chi connectivity index (χ1n) is 8.05. The van der Waals surface area contributed by atoms with E-state index in [1.54, 1.807) is 11.0 Å².